The van der Waals surface area contributed by atoms with Crippen molar-refractivity contribution in [3.05, 3.63) is 51.8 Å². The van der Waals surface area contributed by atoms with E-state index in [4.69, 9.17) is 14.2 Å². The van der Waals surface area contributed by atoms with Gasteiger partial charge in [0.2, 0.25) is 0 Å². The van der Waals surface area contributed by atoms with Crippen molar-refractivity contribution in [2.75, 3.05) is 14.2 Å². The maximum atomic E-state index is 14.4. The van der Waals surface area contributed by atoms with Crippen LogP contribution in [0.15, 0.2) is 24.3 Å². The smallest absolute Gasteiger partial charge is 0.337 e. The minimum absolute atomic E-state index is 0.00887. The number of aromatic nitrogens is 1. The van der Waals surface area contributed by atoms with E-state index in [9.17, 15) is 19.4 Å². The van der Waals surface area contributed by atoms with Crippen molar-refractivity contribution in [1.82, 2.24) is 4.98 Å². The van der Waals surface area contributed by atoms with Crippen molar-refractivity contribution in [2.24, 2.45) is 0 Å². The average molecular weight is 490 g/mol. The molecule has 1 aliphatic carbocycles. The Labute approximate surface area is 201 Å². The van der Waals surface area contributed by atoms with Crippen LogP contribution in [0.2, 0.25) is 0 Å². The zero-order chi connectivity index (χ0) is 24.4. The molecule has 2 N–H and O–H groups in total. The lowest BCUT2D eigenvalue weighted by atomic mass is 9.99. The lowest BCUT2D eigenvalue weighted by Crippen LogP contribution is -2.29. The Bertz CT molecular complexity index is 1160. The van der Waals surface area contributed by atoms with Gasteiger partial charge in [0.1, 0.15) is 23.4 Å². The fourth-order valence-electron chi connectivity index (χ4n) is 4.45. The van der Waals surface area contributed by atoms with Crippen LogP contribution in [-0.2, 0) is 11.2 Å². The number of ether oxygens (including phenoxy) is 3. The molecular weight excluding hydrogens is 461 g/mol. The van der Waals surface area contributed by atoms with E-state index in [1.54, 1.807) is 26.4 Å². The molecule has 2 atom stereocenters. The molecule has 2 unspecified atom stereocenters. The second kappa shape index (κ2) is 10.2. The summed E-state index contributed by atoms with van der Waals surface area (Å²) in [4.78, 5) is 16.0. The van der Waals surface area contributed by atoms with Gasteiger partial charge >= 0.3 is 5.97 Å². The quantitative estimate of drug-likeness (QED) is 0.433. The molecule has 1 aliphatic rings. The molecule has 1 aromatic heterocycles. The topological polar surface area (TPSA) is 98.1 Å². The van der Waals surface area contributed by atoms with E-state index in [1.807, 2.05) is 6.92 Å². The molecule has 0 aliphatic heterocycles. The highest BCUT2D eigenvalue weighted by molar-refractivity contribution is 7.18. The number of thiazole rings is 1. The van der Waals surface area contributed by atoms with Crippen LogP contribution in [0.25, 0.3) is 10.2 Å². The van der Waals surface area contributed by atoms with E-state index in [2.05, 4.69) is 4.98 Å². The molecule has 34 heavy (non-hydrogen) atoms. The molecule has 2 aromatic carbocycles. The summed E-state index contributed by atoms with van der Waals surface area (Å²) in [7, 11) is 3.11. The van der Waals surface area contributed by atoms with Gasteiger partial charge in [0.05, 0.1) is 47.2 Å². The van der Waals surface area contributed by atoms with Gasteiger partial charge in [-0.25, -0.2) is 14.2 Å². The van der Waals surface area contributed by atoms with Gasteiger partial charge in [0, 0.05) is 12.0 Å². The third-order valence-corrected chi connectivity index (χ3v) is 7.37. The Morgan fingerprint density at radius 2 is 1.85 bits per heavy atom. The Balaban J connectivity index is 1.70. The Morgan fingerprint density at radius 3 is 2.44 bits per heavy atom. The number of aliphatic hydroxyl groups excluding tert-OH is 1. The zero-order valence-corrected chi connectivity index (χ0v) is 20.2. The number of rotatable bonds is 9. The van der Waals surface area contributed by atoms with E-state index >= 15 is 0 Å². The van der Waals surface area contributed by atoms with Gasteiger partial charge in [-0.3, -0.25) is 0 Å². The number of hydrogen-bond donors (Lipinski definition) is 2. The molecule has 182 valence electrons. The van der Waals surface area contributed by atoms with E-state index < -0.39 is 24.0 Å². The highest BCUT2D eigenvalue weighted by Gasteiger charge is 2.30. The zero-order valence-electron chi connectivity index (χ0n) is 19.3. The Morgan fingerprint density at radius 1 is 1.21 bits per heavy atom. The second-order valence-corrected chi connectivity index (χ2v) is 9.55. The van der Waals surface area contributed by atoms with Crippen molar-refractivity contribution in [3.8, 4) is 11.5 Å². The highest BCUT2D eigenvalue weighted by atomic mass is 32.1. The predicted octanol–water partition coefficient (Wildman–Crippen LogP) is 5.06. The highest BCUT2D eigenvalue weighted by Crippen LogP contribution is 2.37. The number of halogens is 1. The van der Waals surface area contributed by atoms with Gasteiger partial charge in [-0.15, -0.1) is 11.3 Å². The van der Waals surface area contributed by atoms with Crippen LogP contribution in [0.5, 0.6) is 11.5 Å². The maximum absolute atomic E-state index is 14.4. The van der Waals surface area contributed by atoms with Crippen LogP contribution in [0.3, 0.4) is 0 Å². The van der Waals surface area contributed by atoms with Crippen LogP contribution < -0.4 is 9.47 Å². The Hall–Kier alpha value is -2.75. The number of aliphatic hydroxyl groups is 1. The number of methoxy groups -OCH3 is 2. The van der Waals surface area contributed by atoms with E-state index in [1.165, 1.54) is 6.07 Å². The fraction of sp³-hybridized carbons (Fsp3) is 0.440. The van der Waals surface area contributed by atoms with Crippen molar-refractivity contribution < 1.29 is 33.6 Å². The molecule has 0 spiro atoms. The lowest BCUT2D eigenvalue weighted by Gasteiger charge is -2.27. The normalized spacial score (nSPS) is 16.0. The standard InChI is InChI=1S/C25H28FNO6S/c1-13-18(31-2)10-14(11-19(13)32-3)23(28)20(33-15-6-4-5-7-15)12-21-27-22-16(25(29)30)8-9-17(26)24(22)34-21/h8-11,15,20,23,28H,4-7,12H2,1-3H3,(H,29,30). The number of benzene rings is 2. The van der Waals surface area contributed by atoms with Crippen LogP contribution >= 0.6 is 11.3 Å². The summed E-state index contributed by atoms with van der Waals surface area (Å²) in [6, 6.07) is 5.87. The molecule has 0 saturated heterocycles. The Kier molecular flexibility index (Phi) is 7.35. The van der Waals surface area contributed by atoms with E-state index in [-0.39, 0.29) is 28.3 Å². The minimum atomic E-state index is -1.17. The first-order valence-electron chi connectivity index (χ1n) is 11.2. The molecule has 3 aromatic rings. The largest absolute Gasteiger partial charge is 0.496 e. The van der Waals surface area contributed by atoms with Gasteiger partial charge in [-0.05, 0) is 49.6 Å². The molecule has 1 heterocycles. The third-order valence-electron chi connectivity index (χ3n) is 6.28. The summed E-state index contributed by atoms with van der Waals surface area (Å²) < 4.78 is 31.8. The summed E-state index contributed by atoms with van der Waals surface area (Å²) in [5, 5.41) is 21.3. The summed E-state index contributed by atoms with van der Waals surface area (Å²) in [6.45, 7) is 1.87. The average Bonchev–Trinajstić information content (AvgIpc) is 3.48. The van der Waals surface area contributed by atoms with Gasteiger partial charge < -0.3 is 24.4 Å². The summed E-state index contributed by atoms with van der Waals surface area (Å²) in [5.41, 5.74) is 1.44. The van der Waals surface area contributed by atoms with Crippen LogP contribution in [0, 0.1) is 12.7 Å². The number of carbonyl (C=O) groups is 1. The monoisotopic (exact) mass is 489 g/mol. The summed E-state index contributed by atoms with van der Waals surface area (Å²) in [6.07, 6.45) is 2.45. The third kappa shape index (κ3) is 4.87. The molecular formula is C25H28FNO6S. The molecule has 1 fully saturated rings. The van der Waals surface area contributed by atoms with E-state index in [0.717, 1.165) is 48.6 Å². The molecule has 4 rings (SSSR count). The lowest BCUT2D eigenvalue weighted by molar-refractivity contribution is -0.0753. The van der Waals surface area contributed by atoms with Crippen LogP contribution in [0.1, 0.15) is 58.3 Å². The van der Waals surface area contributed by atoms with Gasteiger partial charge in [0.25, 0.3) is 0 Å². The van der Waals surface area contributed by atoms with Crippen LogP contribution in [0.4, 0.5) is 4.39 Å². The molecule has 1 saturated carbocycles. The summed E-state index contributed by atoms with van der Waals surface area (Å²) in [5.74, 6) is -0.521. The molecule has 0 amide bonds. The van der Waals surface area contributed by atoms with Crippen molar-refractivity contribution in [3.63, 3.8) is 0 Å². The second-order valence-electron chi connectivity index (χ2n) is 8.47. The number of aromatic carboxylic acids is 1. The number of nitrogens with zero attached hydrogens (tertiary/aromatic N) is 1. The van der Waals surface area contributed by atoms with Gasteiger partial charge in [-0.1, -0.05) is 12.8 Å². The van der Waals surface area contributed by atoms with Gasteiger partial charge in [0.15, 0.2) is 0 Å². The van der Waals surface area contributed by atoms with Crippen molar-refractivity contribution >= 4 is 27.5 Å². The molecule has 0 radical (unpaired) electrons. The van der Waals surface area contributed by atoms with Crippen LogP contribution in [-0.4, -0.2) is 47.6 Å². The molecule has 0 bridgehead atoms. The first-order chi connectivity index (χ1) is 16.3. The first-order valence-corrected chi connectivity index (χ1v) is 12.0. The number of hydrogen-bond acceptors (Lipinski definition) is 7. The number of fused-ring (bicyclic) bond motifs is 1. The minimum Gasteiger partial charge on any atom is -0.496 e. The fourth-order valence-corrected chi connectivity index (χ4v) is 5.49. The van der Waals surface area contributed by atoms with Gasteiger partial charge in [-0.2, -0.15) is 0 Å². The summed E-state index contributed by atoms with van der Waals surface area (Å²) >= 11 is 1.08. The SMILES string of the molecule is COc1cc(C(O)C(Cc2nc3c(C(=O)O)ccc(F)c3s2)OC2CCCC2)cc(OC)c1C. The predicted molar refractivity (Wildman–Crippen MR) is 127 cm³/mol. The van der Waals surface area contributed by atoms with E-state index in [0.29, 0.717) is 22.1 Å². The van der Waals surface area contributed by atoms with Crippen molar-refractivity contribution in [1.29, 1.82) is 0 Å². The maximum Gasteiger partial charge on any atom is 0.337 e. The first kappa shape index (κ1) is 24.4. The molecule has 9 heteroatoms. The molecule has 7 nitrogen and oxygen atoms in total. The number of carboxylic acids is 1. The number of carboxylic acid groups (broad SMARTS) is 1. The van der Waals surface area contributed by atoms with Crippen molar-refractivity contribution in [2.45, 2.75) is 57.3 Å².